The van der Waals surface area contributed by atoms with E-state index in [1.54, 1.807) is 31.0 Å². The number of imide groups is 1. The summed E-state index contributed by atoms with van der Waals surface area (Å²) in [4.78, 5) is 116. The second kappa shape index (κ2) is 28.5. The minimum absolute atomic E-state index is 0.0118. The maximum absolute atomic E-state index is 15.4. The first-order valence-electron chi connectivity index (χ1n) is 24.7. The summed E-state index contributed by atoms with van der Waals surface area (Å²) in [6, 6.07) is 11.6. The molecule has 1 aliphatic heterocycles. The molecule has 2 aromatic carbocycles. The van der Waals surface area contributed by atoms with Crippen LogP contribution in [0.25, 0.3) is 11.1 Å². The summed E-state index contributed by atoms with van der Waals surface area (Å²) in [6.07, 6.45) is 5.21. The van der Waals surface area contributed by atoms with Gasteiger partial charge in [-0.3, -0.25) is 48.1 Å². The summed E-state index contributed by atoms with van der Waals surface area (Å²) in [6.45, 7) is 11.1. The SMILES string of the molecule is CC(C)[C@H](NC(=O)CCCCCN1C(=O)C=CC1=O)C(=O)N[C@@H](C)C(=O)NCCCN(C(=O)CSC[C@H](CNC(=O)CCC(=O)O)C(=O)O)[C@@H](c1cc(-c2cc(F)ccc2F)cn1Cc1ccccc1)C(C)(C)C. The zero-order chi connectivity index (χ0) is 54.7. The van der Waals surface area contributed by atoms with E-state index in [-0.39, 0.29) is 86.2 Å². The quantitative estimate of drug-likeness (QED) is 0.0360. The first kappa shape index (κ1) is 59.7. The Labute approximate surface area is 434 Å². The first-order valence-corrected chi connectivity index (χ1v) is 25.8. The van der Waals surface area contributed by atoms with Gasteiger partial charge < -0.3 is 40.9 Å². The molecule has 4 rings (SSSR count). The van der Waals surface area contributed by atoms with Crippen molar-refractivity contribution in [2.75, 3.05) is 37.7 Å². The second-order valence-corrected chi connectivity index (χ2v) is 20.7. The highest BCUT2D eigenvalue weighted by Crippen LogP contribution is 2.41. The smallest absolute Gasteiger partial charge is 0.309 e. The van der Waals surface area contributed by atoms with Gasteiger partial charge in [0, 0.05) is 86.5 Å². The number of thioether (sulfide) groups is 1. The van der Waals surface area contributed by atoms with Crippen LogP contribution in [0.15, 0.2) is 72.9 Å². The van der Waals surface area contributed by atoms with Crippen molar-refractivity contribution in [2.45, 2.75) is 111 Å². The molecule has 4 atom stereocenters. The maximum atomic E-state index is 15.4. The Morgan fingerprint density at radius 3 is 2.11 bits per heavy atom. The molecule has 2 heterocycles. The minimum atomic E-state index is -1.23. The van der Waals surface area contributed by atoms with Crippen LogP contribution in [0.2, 0.25) is 0 Å². The number of benzene rings is 2. The number of hydrogen-bond acceptors (Lipinski definition) is 10. The Hall–Kier alpha value is -6.90. The number of carbonyl (C=O) groups is 9. The monoisotopic (exact) mass is 1050 g/mol. The van der Waals surface area contributed by atoms with Crippen molar-refractivity contribution < 1.29 is 62.1 Å². The lowest BCUT2D eigenvalue weighted by Crippen LogP contribution is -2.54. The Balaban J connectivity index is 1.50. The molecular formula is C53H69F2N7O11S. The number of carboxylic acid groups (broad SMARTS) is 2. The summed E-state index contributed by atoms with van der Waals surface area (Å²) < 4.78 is 31.9. The van der Waals surface area contributed by atoms with Crippen LogP contribution in [0.3, 0.4) is 0 Å². The molecule has 6 N–H and O–H groups in total. The Morgan fingerprint density at radius 1 is 0.784 bits per heavy atom. The molecule has 0 bridgehead atoms. The number of amides is 7. The molecule has 18 nitrogen and oxygen atoms in total. The van der Waals surface area contributed by atoms with Crippen LogP contribution in [0.1, 0.15) is 104 Å². The number of rotatable bonds is 30. The van der Waals surface area contributed by atoms with Gasteiger partial charge in [-0.15, -0.1) is 0 Å². The van der Waals surface area contributed by atoms with Crippen molar-refractivity contribution in [3.05, 3.63) is 95.8 Å². The number of nitrogens with zero attached hydrogens (tertiary/aromatic N) is 3. The first-order chi connectivity index (χ1) is 35.0. The highest BCUT2D eigenvalue weighted by molar-refractivity contribution is 7.99. The molecule has 1 aliphatic rings. The van der Waals surface area contributed by atoms with Crippen LogP contribution in [0, 0.1) is 28.9 Å². The van der Waals surface area contributed by atoms with Gasteiger partial charge in [-0.05, 0) is 67.3 Å². The predicted molar refractivity (Wildman–Crippen MR) is 274 cm³/mol. The van der Waals surface area contributed by atoms with Gasteiger partial charge in [-0.25, -0.2) is 8.78 Å². The molecule has 0 unspecified atom stereocenters. The zero-order valence-corrected chi connectivity index (χ0v) is 43.6. The molecule has 0 aliphatic carbocycles. The summed E-state index contributed by atoms with van der Waals surface area (Å²) in [5.41, 5.74) is 1.12. The van der Waals surface area contributed by atoms with Gasteiger partial charge in [0.05, 0.1) is 24.1 Å². The number of aliphatic carboxylic acids is 2. The van der Waals surface area contributed by atoms with E-state index < -0.39 is 83.1 Å². The number of carbonyl (C=O) groups excluding carboxylic acids is 7. The number of halogens is 2. The highest BCUT2D eigenvalue weighted by atomic mass is 32.2. The van der Waals surface area contributed by atoms with Gasteiger partial charge in [0.15, 0.2) is 0 Å². The fourth-order valence-corrected chi connectivity index (χ4v) is 9.29. The largest absolute Gasteiger partial charge is 0.481 e. The topological polar surface area (TPSA) is 254 Å². The van der Waals surface area contributed by atoms with E-state index >= 15 is 4.39 Å². The molecule has 74 heavy (non-hydrogen) atoms. The lowest BCUT2D eigenvalue weighted by atomic mass is 9.83. The lowest BCUT2D eigenvalue weighted by molar-refractivity contribution is -0.142. The van der Waals surface area contributed by atoms with Gasteiger partial charge in [0.25, 0.3) is 11.8 Å². The molecule has 402 valence electrons. The van der Waals surface area contributed by atoms with Crippen LogP contribution < -0.4 is 21.3 Å². The summed E-state index contributed by atoms with van der Waals surface area (Å²) in [5.74, 6) is -8.72. The summed E-state index contributed by atoms with van der Waals surface area (Å²) in [7, 11) is 0. The molecule has 0 spiro atoms. The lowest BCUT2D eigenvalue weighted by Gasteiger charge is -2.41. The third kappa shape index (κ3) is 18.5. The number of nitrogens with one attached hydrogen (secondary N) is 4. The normalized spacial score (nSPS) is 14.0. The maximum Gasteiger partial charge on any atom is 0.309 e. The van der Waals surface area contributed by atoms with Crippen LogP contribution in [-0.4, -0.2) is 128 Å². The molecule has 1 aromatic heterocycles. The fraction of sp³-hybridized carbons (Fsp3) is 0.491. The minimum Gasteiger partial charge on any atom is -0.481 e. The molecule has 0 saturated heterocycles. The van der Waals surface area contributed by atoms with Crippen LogP contribution >= 0.6 is 11.8 Å². The Bertz CT molecular complexity index is 2490. The van der Waals surface area contributed by atoms with Crippen LogP contribution in [-0.2, 0) is 49.7 Å². The van der Waals surface area contributed by atoms with Gasteiger partial charge in [0.2, 0.25) is 29.5 Å². The van der Waals surface area contributed by atoms with Crippen LogP contribution in [0.4, 0.5) is 8.78 Å². The molecule has 0 radical (unpaired) electrons. The number of unbranched alkanes of at least 4 members (excludes halogenated alkanes) is 2. The molecular weight excluding hydrogens is 981 g/mol. The van der Waals surface area contributed by atoms with E-state index in [1.807, 2.05) is 55.7 Å². The van der Waals surface area contributed by atoms with Crippen molar-refractivity contribution >= 4 is 65.1 Å². The van der Waals surface area contributed by atoms with E-state index in [1.165, 1.54) is 19.1 Å². The standard InChI is InChI=1S/C53H69F2N7O11S/c1-33(2)48(59-43(64)16-11-8-12-24-61-44(65)20-21-45(61)66)51(71)58-34(3)50(70)56-23-13-25-62(46(67)32-74-31-37(52(72)73)28-57-42(63)19-22-47(68)69)49(53(4,5)6)41-26-36(39-27-38(54)17-18-40(39)55)30-60(41)29-35-14-9-7-10-15-35/h7,9-10,14-15,17-18,20-21,26-27,30,33-34,37,48-49H,8,11-13,16,19,22-25,28-29,31-32H2,1-6H3,(H,56,70)(H,57,63)(H,58,71)(H,59,64)(H,68,69)(H,72,73)/t34-,37-,48-,49-/m0/s1. The Morgan fingerprint density at radius 2 is 1.47 bits per heavy atom. The van der Waals surface area contributed by atoms with Crippen LogP contribution in [0.5, 0.6) is 0 Å². The Kier molecular flexibility index (Phi) is 23.0. The molecule has 21 heteroatoms. The fourth-order valence-electron chi connectivity index (χ4n) is 8.29. The van der Waals surface area contributed by atoms with E-state index in [4.69, 9.17) is 5.11 Å². The van der Waals surface area contributed by atoms with E-state index in [2.05, 4.69) is 21.3 Å². The molecule has 3 aromatic rings. The van der Waals surface area contributed by atoms with Gasteiger partial charge in [-0.1, -0.05) is 71.4 Å². The van der Waals surface area contributed by atoms with Crippen molar-refractivity contribution in [2.24, 2.45) is 17.3 Å². The van der Waals surface area contributed by atoms with Crippen molar-refractivity contribution in [3.8, 4) is 11.1 Å². The third-order valence-corrected chi connectivity index (χ3v) is 13.3. The van der Waals surface area contributed by atoms with E-state index in [0.717, 1.165) is 40.4 Å². The highest BCUT2D eigenvalue weighted by Gasteiger charge is 2.38. The zero-order valence-electron chi connectivity index (χ0n) is 42.8. The summed E-state index contributed by atoms with van der Waals surface area (Å²) in [5, 5.41) is 29.6. The van der Waals surface area contributed by atoms with E-state index in [9.17, 15) is 52.6 Å². The number of carboxylic acids is 2. The van der Waals surface area contributed by atoms with Gasteiger partial charge in [0.1, 0.15) is 23.7 Å². The second-order valence-electron chi connectivity index (χ2n) is 19.6. The van der Waals surface area contributed by atoms with Crippen molar-refractivity contribution in [3.63, 3.8) is 0 Å². The number of hydrogen-bond donors (Lipinski definition) is 6. The number of aromatic nitrogens is 1. The van der Waals surface area contributed by atoms with Crippen molar-refractivity contribution in [1.82, 2.24) is 35.6 Å². The van der Waals surface area contributed by atoms with Crippen molar-refractivity contribution in [1.29, 1.82) is 0 Å². The average Bonchev–Trinajstić information content (AvgIpc) is 3.89. The predicted octanol–water partition coefficient (Wildman–Crippen LogP) is 5.45. The molecule has 7 amide bonds. The summed E-state index contributed by atoms with van der Waals surface area (Å²) >= 11 is 1.03. The molecule has 0 saturated carbocycles. The van der Waals surface area contributed by atoms with Gasteiger partial charge >= 0.3 is 11.9 Å². The van der Waals surface area contributed by atoms with Gasteiger partial charge in [-0.2, -0.15) is 11.8 Å². The molecule has 0 fully saturated rings. The van der Waals surface area contributed by atoms with E-state index in [0.29, 0.717) is 37.1 Å². The third-order valence-electron chi connectivity index (χ3n) is 12.2. The average molecular weight is 1050 g/mol.